The number of anilines is 3. The van der Waals surface area contributed by atoms with Crippen LogP contribution in [-0.4, -0.2) is 105 Å². The first-order valence-electron chi connectivity index (χ1n) is 23.6. The van der Waals surface area contributed by atoms with E-state index in [0.717, 1.165) is 5.52 Å². The molecular weight excluding hydrogens is 927 g/mol. The Bertz CT molecular complexity index is 2710. The summed E-state index contributed by atoms with van der Waals surface area (Å²) in [6.07, 6.45) is 5.51. The van der Waals surface area contributed by atoms with Crippen molar-refractivity contribution in [2.45, 2.75) is 75.9 Å². The van der Waals surface area contributed by atoms with E-state index in [9.17, 15) is 33.6 Å². The van der Waals surface area contributed by atoms with Crippen molar-refractivity contribution in [3.63, 3.8) is 0 Å². The number of rotatable bonds is 28. The number of carbonyl (C=O) groups excluding carboxylic acids is 7. The number of para-hydroxylation sites is 1. The van der Waals surface area contributed by atoms with Gasteiger partial charge in [-0.2, -0.15) is 0 Å². The number of fused-ring (bicyclic) bond motifs is 1. The quantitative estimate of drug-likeness (QED) is 0.0317. The fourth-order valence-corrected chi connectivity index (χ4v) is 7.84. The lowest BCUT2D eigenvalue weighted by Gasteiger charge is -2.21. The van der Waals surface area contributed by atoms with Gasteiger partial charge < -0.3 is 74.0 Å². The Morgan fingerprint density at radius 3 is 1.22 bits per heavy atom. The van der Waals surface area contributed by atoms with Crippen molar-refractivity contribution in [1.29, 1.82) is 0 Å². The molecule has 0 fully saturated rings. The SMILES string of the molecule is COc1ccc(NC(=O)C(CCCCN)NC(=O)c2cc(NC(=O)C(CCCCN)NC(=O)c3cc(NC(=O)C(CCCCN)NC(=O)c4c[nH]c5ccccc45)ccc3OC)ccc2OC)cc1C(N)=O. The Morgan fingerprint density at radius 1 is 0.486 bits per heavy atom. The van der Waals surface area contributed by atoms with E-state index < -0.39 is 59.5 Å². The lowest BCUT2D eigenvalue weighted by molar-refractivity contribution is -0.118. The highest BCUT2D eigenvalue weighted by molar-refractivity contribution is 6.09. The molecule has 0 aliphatic rings. The molecule has 72 heavy (non-hydrogen) atoms. The zero-order valence-electron chi connectivity index (χ0n) is 40.7. The van der Waals surface area contributed by atoms with E-state index in [2.05, 4.69) is 36.9 Å². The first kappa shape index (κ1) is 54.9. The van der Waals surface area contributed by atoms with E-state index in [1.165, 1.54) is 69.9 Å². The molecule has 3 unspecified atom stereocenters. The summed E-state index contributed by atoms with van der Waals surface area (Å²) in [5.41, 5.74) is 24.6. The smallest absolute Gasteiger partial charge is 0.255 e. The fourth-order valence-electron chi connectivity index (χ4n) is 7.84. The third-order valence-electron chi connectivity index (χ3n) is 11.7. The number of unbranched alkanes of at least 4 members (excludes halogenated alkanes) is 3. The van der Waals surface area contributed by atoms with Crippen LogP contribution in [0.2, 0.25) is 0 Å². The molecule has 0 aliphatic heterocycles. The molecule has 0 saturated heterocycles. The van der Waals surface area contributed by atoms with Crippen LogP contribution in [0.3, 0.4) is 0 Å². The van der Waals surface area contributed by atoms with Crippen molar-refractivity contribution in [2.75, 3.05) is 56.9 Å². The molecule has 384 valence electrons. The Labute approximate surface area is 417 Å². The Hall–Kier alpha value is -8.01. The van der Waals surface area contributed by atoms with Crippen molar-refractivity contribution in [3.05, 3.63) is 107 Å². The van der Waals surface area contributed by atoms with Gasteiger partial charge in [0.25, 0.3) is 23.6 Å². The molecule has 0 radical (unpaired) electrons. The van der Waals surface area contributed by atoms with Crippen LogP contribution in [0.1, 0.15) is 99.2 Å². The second-order valence-electron chi connectivity index (χ2n) is 16.8. The summed E-state index contributed by atoms with van der Waals surface area (Å²) >= 11 is 0. The monoisotopic (exact) mass is 991 g/mol. The molecule has 0 bridgehead atoms. The normalized spacial score (nSPS) is 12.1. The maximum Gasteiger partial charge on any atom is 0.255 e. The third kappa shape index (κ3) is 15.0. The maximum absolute atomic E-state index is 14.1. The standard InChI is InChI=1S/C51H65N11O10/c1-70-42-20-17-30(26-34(42)45(55)63)57-49(67)39(14-6-9-23-52)60-46(64)35-27-31(18-21-43(35)71-2)58-50(68)40(15-7-10-24-53)61-47(65)36-28-32(19-22-44(36)72-3)59-51(69)41(16-8-11-25-54)62-48(66)37-29-56-38-13-5-4-12-33(37)38/h4-5,12-13,17-22,26-29,39-41,56H,6-11,14-16,23-25,52-54H2,1-3H3,(H2,55,63)(H,57,67)(H,58,68)(H,59,69)(H,60,64)(H,61,65)(H,62,66). The van der Waals surface area contributed by atoms with Crippen molar-refractivity contribution >= 4 is 69.3 Å². The maximum atomic E-state index is 14.1. The minimum Gasteiger partial charge on any atom is -0.496 e. The minimum absolute atomic E-state index is 0.00296. The van der Waals surface area contributed by atoms with Crippen LogP contribution in [0, 0.1) is 0 Å². The van der Waals surface area contributed by atoms with E-state index in [1.54, 1.807) is 12.3 Å². The molecule has 7 amide bonds. The predicted octanol–water partition coefficient (Wildman–Crippen LogP) is 3.89. The summed E-state index contributed by atoms with van der Waals surface area (Å²) in [5, 5.41) is 17.4. The van der Waals surface area contributed by atoms with Crippen molar-refractivity contribution < 1.29 is 47.8 Å². The Balaban J connectivity index is 1.32. The summed E-state index contributed by atoms with van der Waals surface area (Å²) in [7, 11) is 4.11. The van der Waals surface area contributed by atoms with E-state index in [4.69, 9.17) is 37.1 Å². The number of hydrogen-bond donors (Lipinski definition) is 11. The van der Waals surface area contributed by atoms with Crippen molar-refractivity contribution in [2.24, 2.45) is 22.9 Å². The zero-order chi connectivity index (χ0) is 52.2. The zero-order valence-corrected chi connectivity index (χ0v) is 40.7. The van der Waals surface area contributed by atoms with E-state index in [0.29, 0.717) is 75.5 Å². The van der Waals surface area contributed by atoms with Gasteiger partial charge in [-0.1, -0.05) is 18.2 Å². The number of nitrogens with two attached hydrogens (primary N) is 4. The van der Waals surface area contributed by atoms with Gasteiger partial charge >= 0.3 is 0 Å². The van der Waals surface area contributed by atoms with Gasteiger partial charge in [-0.3, -0.25) is 33.6 Å². The number of aromatic nitrogens is 1. The van der Waals surface area contributed by atoms with Crippen LogP contribution in [-0.2, 0) is 14.4 Å². The Kier molecular flexibility index (Phi) is 20.9. The van der Waals surface area contributed by atoms with Crippen LogP contribution in [0.15, 0.2) is 85.1 Å². The summed E-state index contributed by atoms with van der Waals surface area (Å²) in [4.78, 5) is 98.2. The van der Waals surface area contributed by atoms with Crippen LogP contribution in [0.5, 0.6) is 17.2 Å². The van der Waals surface area contributed by atoms with Gasteiger partial charge in [0.1, 0.15) is 35.4 Å². The molecule has 1 heterocycles. The first-order valence-corrected chi connectivity index (χ1v) is 23.6. The number of H-pyrrole nitrogens is 1. The van der Waals surface area contributed by atoms with Gasteiger partial charge in [-0.25, -0.2) is 0 Å². The number of nitrogens with one attached hydrogen (secondary N) is 7. The largest absolute Gasteiger partial charge is 0.496 e. The van der Waals surface area contributed by atoms with Gasteiger partial charge in [0.2, 0.25) is 17.7 Å². The van der Waals surface area contributed by atoms with Gasteiger partial charge in [0, 0.05) is 34.2 Å². The van der Waals surface area contributed by atoms with Crippen molar-refractivity contribution in [3.8, 4) is 17.2 Å². The molecule has 21 heteroatoms. The predicted molar refractivity (Wildman–Crippen MR) is 274 cm³/mol. The topological polar surface area (TPSA) is 339 Å². The molecule has 0 spiro atoms. The fraction of sp³-hybridized carbons (Fsp3) is 0.353. The molecular formula is C51H65N11O10. The number of methoxy groups -OCH3 is 3. The molecule has 15 N–H and O–H groups in total. The van der Waals surface area contributed by atoms with Gasteiger partial charge in [0.05, 0.1) is 43.6 Å². The van der Waals surface area contributed by atoms with Gasteiger partial charge in [-0.15, -0.1) is 0 Å². The summed E-state index contributed by atoms with van der Waals surface area (Å²) in [5.74, 6) is -3.83. The Morgan fingerprint density at radius 2 is 0.847 bits per heavy atom. The summed E-state index contributed by atoms with van der Waals surface area (Å²) in [6, 6.07) is 17.3. The summed E-state index contributed by atoms with van der Waals surface area (Å²) < 4.78 is 16.2. The third-order valence-corrected chi connectivity index (χ3v) is 11.7. The number of ether oxygens (including phenoxy) is 3. The van der Waals surface area contributed by atoms with Crippen LogP contribution >= 0.6 is 0 Å². The average Bonchev–Trinajstić information content (AvgIpc) is 3.82. The number of aromatic amines is 1. The second kappa shape index (κ2) is 27.4. The molecule has 4 aromatic carbocycles. The highest BCUT2D eigenvalue weighted by atomic mass is 16.5. The van der Waals surface area contributed by atoms with E-state index in [-0.39, 0.29) is 63.8 Å². The van der Waals surface area contributed by atoms with E-state index >= 15 is 0 Å². The molecule has 0 saturated carbocycles. The van der Waals surface area contributed by atoms with Crippen LogP contribution < -0.4 is 69.0 Å². The van der Waals surface area contributed by atoms with Crippen molar-refractivity contribution in [1.82, 2.24) is 20.9 Å². The second-order valence-corrected chi connectivity index (χ2v) is 16.8. The molecule has 3 atom stereocenters. The number of primary amides is 1. The van der Waals surface area contributed by atoms with Crippen LogP contribution in [0.4, 0.5) is 17.1 Å². The lowest BCUT2D eigenvalue weighted by atomic mass is 10.1. The van der Waals surface area contributed by atoms with Crippen LogP contribution in [0.25, 0.3) is 10.9 Å². The number of amides is 7. The van der Waals surface area contributed by atoms with Gasteiger partial charge in [0.15, 0.2) is 0 Å². The number of carbonyl (C=O) groups is 7. The molecule has 21 nitrogen and oxygen atoms in total. The number of hydrogen-bond acceptors (Lipinski definition) is 13. The number of benzene rings is 4. The average molecular weight is 992 g/mol. The van der Waals surface area contributed by atoms with Gasteiger partial charge in [-0.05, 0) is 138 Å². The lowest BCUT2D eigenvalue weighted by Crippen LogP contribution is -2.44. The van der Waals surface area contributed by atoms with E-state index in [1.807, 2.05) is 24.3 Å². The minimum atomic E-state index is -1.12. The summed E-state index contributed by atoms with van der Waals surface area (Å²) in [6.45, 7) is 1.10. The highest BCUT2D eigenvalue weighted by Gasteiger charge is 2.28. The highest BCUT2D eigenvalue weighted by Crippen LogP contribution is 2.27. The molecule has 5 rings (SSSR count). The first-order chi connectivity index (χ1) is 34.7. The molecule has 0 aliphatic carbocycles. The molecule has 5 aromatic rings. The molecule has 1 aromatic heterocycles.